The average molecular weight is 401 g/mol. The Morgan fingerprint density at radius 1 is 1.17 bits per heavy atom. The second-order valence-corrected chi connectivity index (χ2v) is 9.32. The molecule has 158 valence electrons. The van der Waals surface area contributed by atoms with E-state index in [0.29, 0.717) is 37.5 Å². The van der Waals surface area contributed by atoms with Crippen LogP contribution in [0, 0.1) is 11.8 Å². The number of ether oxygens (including phenoxy) is 2. The van der Waals surface area contributed by atoms with Crippen molar-refractivity contribution >= 4 is 11.6 Å². The first-order valence-electron chi connectivity index (χ1n) is 10.8. The molecule has 2 fully saturated rings. The normalized spacial score (nSPS) is 19.6. The lowest BCUT2D eigenvalue weighted by atomic mass is 9.93. The number of hydrogen-bond acceptors (Lipinski definition) is 5. The largest absolute Gasteiger partial charge is 0.476 e. The van der Waals surface area contributed by atoms with E-state index in [1.54, 1.807) is 4.52 Å². The van der Waals surface area contributed by atoms with Crippen molar-refractivity contribution in [2.24, 2.45) is 11.8 Å². The van der Waals surface area contributed by atoms with Gasteiger partial charge in [-0.2, -0.15) is 0 Å². The number of carbonyl (C=O) groups is 1. The van der Waals surface area contributed by atoms with E-state index in [0.717, 1.165) is 50.1 Å². The lowest BCUT2D eigenvalue weighted by molar-refractivity contribution is -0.140. The zero-order chi connectivity index (χ0) is 20.4. The molecule has 0 saturated carbocycles. The molecule has 7 nitrogen and oxygen atoms in total. The third-order valence-electron chi connectivity index (χ3n) is 6.03. The van der Waals surface area contributed by atoms with Gasteiger partial charge in [-0.15, -0.1) is 5.10 Å². The van der Waals surface area contributed by atoms with Crippen LogP contribution < -0.4 is 4.74 Å². The molecule has 0 bridgehead atoms. The van der Waals surface area contributed by atoms with E-state index in [1.165, 1.54) is 0 Å². The zero-order valence-electron chi connectivity index (χ0n) is 17.8. The highest BCUT2D eigenvalue weighted by Gasteiger charge is 2.29. The van der Waals surface area contributed by atoms with Crippen molar-refractivity contribution in [2.45, 2.75) is 51.9 Å². The Hall–Kier alpha value is -2.15. The second kappa shape index (κ2) is 8.30. The topological polar surface area (TPSA) is 69.0 Å². The van der Waals surface area contributed by atoms with Gasteiger partial charge in [0.2, 0.25) is 11.8 Å². The Bertz CT molecular complexity index is 843. The molecule has 0 aromatic carbocycles. The minimum Gasteiger partial charge on any atom is -0.476 e. The molecular formula is C22H32N4O3. The van der Waals surface area contributed by atoms with E-state index in [1.807, 2.05) is 23.2 Å². The fourth-order valence-corrected chi connectivity index (χ4v) is 4.03. The summed E-state index contributed by atoms with van der Waals surface area (Å²) in [6.07, 6.45) is 5.66. The maximum atomic E-state index is 12.7. The molecule has 1 amide bonds. The Morgan fingerprint density at radius 2 is 1.90 bits per heavy atom. The Balaban J connectivity index is 1.28. The van der Waals surface area contributed by atoms with Gasteiger partial charge in [0.1, 0.15) is 0 Å². The molecule has 0 radical (unpaired) electrons. The van der Waals surface area contributed by atoms with Crippen LogP contribution in [0.25, 0.3) is 5.65 Å². The first-order chi connectivity index (χ1) is 13.9. The Morgan fingerprint density at radius 3 is 2.59 bits per heavy atom. The highest BCUT2D eigenvalue weighted by atomic mass is 16.5. The first kappa shape index (κ1) is 20.1. The Labute approximate surface area is 172 Å². The number of amides is 1. The Kier molecular flexibility index (Phi) is 5.76. The number of carbonyl (C=O) groups excluding carboxylic acids is 1. The van der Waals surface area contributed by atoms with Gasteiger partial charge in [-0.05, 0) is 37.7 Å². The number of nitrogens with zero attached hydrogens (tertiary/aromatic N) is 4. The van der Waals surface area contributed by atoms with Gasteiger partial charge in [0, 0.05) is 43.7 Å². The maximum Gasteiger partial charge on any atom is 0.231 e. The molecule has 0 aliphatic carbocycles. The van der Waals surface area contributed by atoms with Crippen LogP contribution in [0.2, 0.25) is 0 Å². The number of imidazole rings is 1. The van der Waals surface area contributed by atoms with Crippen LogP contribution in [0.3, 0.4) is 0 Å². The van der Waals surface area contributed by atoms with Crippen LogP contribution in [0.1, 0.15) is 52.1 Å². The molecule has 2 aliphatic rings. The monoisotopic (exact) mass is 400 g/mol. The number of hydrogen-bond donors (Lipinski definition) is 0. The van der Waals surface area contributed by atoms with Gasteiger partial charge in [-0.1, -0.05) is 20.8 Å². The molecule has 7 heteroatoms. The van der Waals surface area contributed by atoms with Crippen molar-refractivity contribution in [1.29, 1.82) is 0 Å². The van der Waals surface area contributed by atoms with E-state index >= 15 is 0 Å². The van der Waals surface area contributed by atoms with Gasteiger partial charge in [-0.25, -0.2) is 9.50 Å². The molecule has 2 saturated heterocycles. The molecule has 0 N–H and O–H groups in total. The number of fused-ring (bicyclic) bond motifs is 1. The average Bonchev–Trinajstić information content (AvgIpc) is 3.17. The quantitative estimate of drug-likeness (QED) is 0.789. The van der Waals surface area contributed by atoms with Crippen molar-refractivity contribution in [1.82, 2.24) is 19.5 Å². The van der Waals surface area contributed by atoms with Crippen molar-refractivity contribution in [3.63, 3.8) is 0 Å². The van der Waals surface area contributed by atoms with E-state index in [9.17, 15) is 4.79 Å². The van der Waals surface area contributed by atoms with Crippen molar-refractivity contribution in [2.75, 3.05) is 32.9 Å². The van der Waals surface area contributed by atoms with Gasteiger partial charge in [0.25, 0.3) is 0 Å². The van der Waals surface area contributed by atoms with E-state index < -0.39 is 0 Å². The maximum absolute atomic E-state index is 12.7. The number of rotatable bonds is 4. The summed E-state index contributed by atoms with van der Waals surface area (Å²) in [5, 5.41) is 4.55. The van der Waals surface area contributed by atoms with Crippen LogP contribution >= 0.6 is 0 Å². The molecule has 0 unspecified atom stereocenters. The number of aromatic nitrogens is 3. The zero-order valence-corrected chi connectivity index (χ0v) is 17.8. The number of piperidine rings is 1. The minimum atomic E-state index is -0.00915. The van der Waals surface area contributed by atoms with Gasteiger partial charge >= 0.3 is 0 Å². The van der Waals surface area contributed by atoms with Crippen LogP contribution in [0.4, 0.5) is 0 Å². The standard InChI is InChI=1S/C22H32N4O3/c1-22(2,3)18-14-26-19(23-18)4-5-20(24-26)29-15-16-6-10-25(11-7-16)21(27)17-8-12-28-13-9-17/h4-5,14,16-17H,6-13,15H2,1-3H3. The first-order valence-corrected chi connectivity index (χ1v) is 10.8. The van der Waals surface area contributed by atoms with Crippen LogP contribution in [0.5, 0.6) is 5.88 Å². The third-order valence-corrected chi connectivity index (χ3v) is 6.03. The van der Waals surface area contributed by atoms with Gasteiger partial charge < -0.3 is 14.4 Å². The van der Waals surface area contributed by atoms with Gasteiger partial charge in [-0.3, -0.25) is 4.79 Å². The summed E-state index contributed by atoms with van der Waals surface area (Å²) in [6.45, 7) is 10.2. The second-order valence-electron chi connectivity index (χ2n) is 9.32. The van der Waals surface area contributed by atoms with Crippen LogP contribution in [0.15, 0.2) is 18.3 Å². The molecular weight excluding hydrogens is 368 g/mol. The predicted octanol–water partition coefficient (Wildman–Crippen LogP) is 3.07. The fraction of sp³-hybridized carbons (Fsp3) is 0.682. The molecule has 2 aromatic rings. The molecule has 0 spiro atoms. The minimum absolute atomic E-state index is 0.00915. The summed E-state index contributed by atoms with van der Waals surface area (Å²) in [7, 11) is 0. The highest BCUT2D eigenvalue weighted by molar-refractivity contribution is 5.79. The summed E-state index contributed by atoms with van der Waals surface area (Å²) in [4.78, 5) is 19.3. The summed E-state index contributed by atoms with van der Waals surface area (Å²) >= 11 is 0. The molecule has 4 rings (SSSR count). The number of likely N-dealkylation sites (tertiary alicyclic amines) is 1. The summed E-state index contributed by atoms with van der Waals surface area (Å²) in [6, 6.07) is 3.84. The smallest absolute Gasteiger partial charge is 0.231 e. The third kappa shape index (κ3) is 4.71. The highest BCUT2D eigenvalue weighted by Crippen LogP contribution is 2.24. The summed E-state index contributed by atoms with van der Waals surface area (Å²) in [5.41, 5.74) is 1.84. The lowest BCUT2D eigenvalue weighted by Gasteiger charge is -2.35. The van der Waals surface area contributed by atoms with Crippen molar-refractivity contribution in [3.05, 3.63) is 24.0 Å². The molecule has 0 atom stereocenters. The van der Waals surface area contributed by atoms with Crippen molar-refractivity contribution < 1.29 is 14.3 Å². The molecule has 29 heavy (non-hydrogen) atoms. The predicted molar refractivity (Wildman–Crippen MR) is 110 cm³/mol. The van der Waals surface area contributed by atoms with Gasteiger partial charge in [0.15, 0.2) is 5.65 Å². The van der Waals surface area contributed by atoms with Crippen molar-refractivity contribution in [3.8, 4) is 5.88 Å². The molecule has 2 aromatic heterocycles. The lowest BCUT2D eigenvalue weighted by Crippen LogP contribution is -2.43. The van der Waals surface area contributed by atoms with Gasteiger partial charge in [0.05, 0.1) is 18.5 Å². The van der Waals surface area contributed by atoms with Crippen LogP contribution in [-0.4, -0.2) is 58.3 Å². The summed E-state index contributed by atoms with van der Waals surface area (Å²) in [5.74, 6) is 1.55. The van der Waals surface area contributed by atoms with E-state index in [4.69, 9.17) is 9.47 Å². The van der Waals surface area contributed by atoms with E-state index in [2.05, 4.69) is 30.9 Å². The summed E-state index contributed by atoms with van der Waals surface area (Å²) < 4.78 is 13.2. The fourth-order valence-electron chi connectivity index (χ4n) is 4.03. The van der Waals surface area contributed by atoms with E-state index in [-0.39, 0.29) is 11.3 Å². The SMILES string of the molecule is CC(C)(C)c1cn2nc(OCC3CCN(C(=O)C4CCOCC4)CC3)ccc2n1. The molecule has 2 aliphatic heterocycles. The molecule has 4 heterocycles. The van der Waals surface area contributed by atoms with Crippen LogP contribution in [-0.2, 0) is 14.9 Å².